The van der Waals surface area contributed by atoms with Crippen LogP contribution in [0.2, 0.25) is 5.02 Å². The number of anilines is 1. The van der Waals surface area contributed by atoms with E-state index in [0.29, 0.717) is 22.0 Å². The van der Waals surface area contributed by atoms with Crippen molar-refractivity contribution < 1.29 is 4.79 Å². The van der Waals surface area contributed by atoms with Crippen LogP contribution in [0.3, 0.4) is 0 Å². The van der Waals surface area contributed by atoms with Gasteiger partial charge in [-0.2, -0.15) is 5.26 Å². The number of nitriles is 1. The van der Waals surface area contributed by atoms with E-state index in [4.69, 9.17) is 16.9 Å². The minimum atomic E-state index is -0.306. The Balaban J connectivity index is 1.78. The highest BCUT2D eigenvalue weighted by Crippen LogP contribution is 2.28. The van der Waals surface area contributed by atoms with Crippen molar-refractivity contribution in [3.8, 4) is 16.0 Å². The van der Waals surface area contributed by atoms with E-state index in [2.05, 4.69) is 10.3 Å². The molecule has 2 aromatic heterocycles. The molecule has 0 saturated heterocycles. The molecule has 1 aromatic carbocycles. The molecule has 0 aliphatic carbocycles. The molecule has 0 spiro atoms. The predicted octanol–water partition coefficient (Wildman–Crippen LogP) is 4.65. The predicted molar refractivity (Wildman–Crippen MR) is 89.5 cm³/mol. The highest BCUT2D eigenvalue weighted by Gasteiger charge is 2.13. The number of hydrogen-bond acceptors (Lipinski definition) is 5. The highest BCUT2D eigenvalue weighted by atomic mass is 35.5. The lowest BCUT2D eigenvalue weighted by Gasteiger charge is -2.04. The van der Waals surface area contributed by atoms with Gasteiger partial charge < -0.3 is 5.32 Å². The van der Waals surface area contributed by atoms with Crippen LogP contribution < -0.4 is 5.32 Å². The maximum Gasteiger partial charge on any atom is 0.275 e. The summed E-state index contributed by atoms with van der Waals surface area (Å²) in [5.41, 5.74) is 1.25. The number of thiophene rings is 1. The van der Waals surface area contributed by atoms with Crippen molar-refractivity contribution >= 4 is 45.9 Å². The van der Waals surface area contributed by atoms with E-state index in [1.54, 1.807) is 34.9 Å². The Bertz CT molecular complexity index is 865. The van der Waals surface area contributed by atoms with Crippen LogP contribution in [-0.2, 0) is 0 Å². The molecule has 3 aromatic rings. The van der Waals surface area contributed by atoms with Gasteiger partial charge in [-0.25, -0.2) is 4.98 Å². The van der Waals surface area contributed by atoms with Crippen LogP contribution >= 0.6 is 34.3 Å². The molecule has 7 heteroatoms. The number of thiazole rings is 1. The van der Waals surface area contributed by atoms with Gasteiger partial charge in [-0.3, -0.25) is 4.79 Å². The fourth-order valence-electron chi connectivity index (χ4n) is 1.77. The van der Waals surface area contributed by atoms with Gasteiger partial charge in [0.15, 0.2) is 0 Å². The molecule has 2 heterocycles. The van der Waals surface area contributed by atoms with Crippen molar-refractivity contribution in [2.24, 2.45) is 0 Å². The van der Waals surface area contributed by atoms with E-state index in [1.807, 2.05) is 23.6 Å². The number of carbonyl (C=O) groups is 1. The SMILES string of the molecule is N#Cc1ccc(NC(=O)c2csc(-c3cccs3)n2)cc1Cl. The smallest absolute Gasteiger partial charge is 0.275 e. The lowest BCUT2D eigenvalue weighted by molar-refractivity contribution is 0.102. The van der Waals surface area contributed by atoms with Gasteiger partial charge in [-0.15, -0.1) is 22.7 Å². The first kappa shape index (κ1) is 14.7. The summed E-state index contributed by atoms with van der Waals surface area (Å²) in [6.07, 6.45) is 0. The van der Waals surface area contributed by atoms with E-state index >= 15 is 0 Å². The summed E-state index contributed by atoms with van der Waals surface area (Å²) >= 11 is 8.95. The average molecular weight is 346 g/mol. The number of nitrogens with one attached hydrogen (secondary N) is 1. The Hall–Kier alpha value is -2.20. The largest absolute Gasteiger partial charge is 0.321 e. The van der Waals surface area contributed by atoms with Crippen molar-refractivity contribution in [3.05, 3.63) is 57.4 Å². The zero-order chi connectivity index (χ0) is 15.5. The molecular formula is C15H8ClN3OS2. The lowest BCUT2D eigenvalue weighted by atomic mass is 10.2. The fraction of sp³-hybridized carbons (Fsp3) is 0. The van der Waals surface area contributed by atoms with Gasteiger partial charge in [0.2, 0.25) is 0 Å². The molecule has 0 bridgehead atoms. The van der Waals surface area contributed by atoms with Gasteiger partial charge in [-0.05, 0) is 29.6 Å². The number of aromatic nitrogens is 1. The van der Waals surface area contributed by atoms with Crippen LogP contribution in [0.4, 0.5) is 5.69 Å². The second-order valence-corrected chi connectivity index (χ2v) is 6.49. The molecule has 3 rings (SSSR count). The van der Waals surface area contributed by atoms with E-state index in [9.17, 15) is 4.79 Å². The maximum atomic E-state index is 12.2. The molecule has 0 atom stereocenters. The molecule has 22 heavy (non-hydrogen) atoms. The number of nitrogens with zero attached hydrogens (tertiary/aromatic N) is 2. The number of benzene rings is 1. The lowest BCUT2D eigenvalue weighted by Crippen LogP contribution is -2.12. The Labute approximate surface area is 139 Å². The Morgan fingerprint density at radius 3 is 2.86 bits per heavy atom. The molecule has 0 aliphatic heterocycles. The topological polar surface area (TPSA) is 65.8 Å². The van der Waals surface area contributed by atoms with Crippen LogP contribution in [0.25, 0.3) is 9.88 Å². The Kier molecular flexibility index (Phi) is 4.20. The van der Waals surface area contributed by atoms with Crippen molar-refractivity contribution in [3.63, 3.8) is 0 Å². The first-order valence-corrected chi connectivity index (χ1v) is 8.31. The summed E-state index contributed by atoms with van der Waals surface area (Å²) in [4.78, 5) is 17.6. The van der Waals surface area contributed by atoms with Gasteiger partial charge in [-0.1, -0.05) is 17.7 Å². The minimum absolute atomic E-state index is 0.304. The molecule has 4 nitrogen and oxygen atoms in total. The third-order valence-corrected chi connectivity index (χ3v) is 5.01. The van der Waals surface area contributed by atoms with Gasteiger partial charge in [0.1, 0.15) is 16.8 Å². The molecule has 0 saturated carbocycles. The zero-order valence-corrected chi connectivity index (χ0v) is 13.4. The first-order chi connectivity index (χ1) is 10.7. The summed E-state index contributed by atoms with van der Waals surface area (Å²) in [6, 6.07) is 10.6. The van der Waals surface area contributed by atoms with Crippen molar-refractivity contribution in [1.82, 2.24) is 4.98 Å². The number of rotatable bonds is 3. The Morgan fingerprint density at radius 1 is 1.32 bits per heavy atom. The van der Waals surface area contributed by atoms with Gasteiger partial charge >= 0.3 is 0 Å². The fourth-order valence-corrected chi connectivity index (χ4v) is 3.61. The second-order valence-electron chi connectivity index (χ2n) is 4.28. The minimum Gasteiger partial charge on any atom is -0.321 e. The number of amides is 1. The van der Waals surface area contributed by atoms with E-state index in [-0.39, 0.29) is 5.91 Å². The second kappa shape index (κ2) is 6.28. The standard InChI is InChI=1S/C15H8ClN3OS2/c16-11-6-10(4-3-9(11)7-17)18-14(20)12-8-22-15(19-12)13-2-1-5-21-13/h1-6,8H,(H,18,20). The summed E-state index contributed by atoms with van der Waals surface area (Å²) in [7, 11) is 0. The maximum absolute atomic E-state index is 12.2. The molecule has 1 N–H and O–H groups in total. The number of carbonyl (C=O) groups excluding carboxylic acids is 1. The average Bonchev–Trinajstić information content (AvgIpc) is 3.18. The summed E-state index contributed by atoms with van der Waals surface area (Å²) in [5.74, 6) is -0.306. The highest BCUT2D eigenvalue weighted by molar-refractivity contribution is 7.20. The number of halogens is 1. The zero-order valence-electron chi connectivity index (χ0n) is 11.0. The monoisotopic (exact) mass is 345 g/mol. The van der Waals surface area contributed by atoms with Gasteiger partial charge in [0.25, 0.3) is 5.91 Å². The van der Waals surface area contributed by atoms with E-state index in [0.717, 1.165) is 9.88 Å². The van der Waals surface area contributed by atoms with Crippen LogP contribution in [0.15, 0.2) is 41.1 Å². The first-order valence-electron chi connectivity index (χ1n) is 6.18. The van der Waals surface area contributed by atoms with Crippen LogP contribution in [-0.4, -0.2) is 10.9 Å². The molecule has 0 radical (unpaired) electrons. The third kappa shape index (κ3) is 3.02. The van der Waals surface area contributed by atoms with Crippen molar-refractivity contribution in [2.45, 2.75) is 0 Å². The van der Waals surface area contributed by atoms with Crippen molar-refractivity contribution in [1.29, 1.82) is 5.26 Å². The molecular weight excluding hydrogens is 338 g/mol. The molecule has 1 amide bonds. The van der Waals surface area contributed by atoms with E-state index in [1.165, 1.54) is 11.3 Å². The summed E-state index contributed by atoms with van der Waals surface area (Å²) in [5, 5.41) is 16.4. The summed E-state index contributed by atoms with van der Waals surface area (Å²) < 4.78 is 0. The number of hydrogen-bond donors (Lipinski definition) is 1. The van der Waals surface area contributed by atoms with Crippen LogP contribution in [0.1, 0.15) is 16.1 Å². The van der Waals surface area contributed by atoms with Gasteiger partial charge in [0, 0.05) is 11.1 Å². The summed E-state index contributed by atoms with van der Waals surface area (Å²) in [6.45, 7) is 0. The molecule has 0 unspecified atom stereocenters. The molecule has 0 aliphatic rings. The molecule has 0 fully saturated rings. The Morgan fingerprint density at radius 2 is 2.18 bits per heavy atom. The van der Waals surface area contributed by atoms with Gasteiger partial charge in [0.05, 0.1) is 15.5 Å². The van der Waals surface area contributed by atoms with Crippen LogP contribution in [0.5, 0.6) is 0 Å². The van der Waals surface area contributed by atoms with Crippen molar-refractivity contribution in [2.75, 3.05) is 5.32 Å². The molecule has 108 valence electrons. The van der Waals surface area contributed by atoms with Crippen LogP contribution in [0, 0.1) is 11.3 Å². The quantitative estimate of drug-likeness (QED) is 0.751. The van der Waals surface area contributed by atoms with E-state index < -0.39 is 0 Å². The normalized spacial score (nSPS) is 10.2. The third-order valence-electron chi connectivity index (χ3n) is 2.82.